The normalized spacial score (nSPS) is 18.0. The third-order valence-corrected chi connectivity index (χ3v) is 5.15. The van der Waals surface area contributed by atoms with E-state index in [0.717, 1.165) is 12.1 Å². The Morgan fingerprint density at radius 2 is 1.97 bits per heavy atom. The molecule has 3 rings (SSSR count). The van der Waals surface area contributed by atoms with Gasteiger partial charge in [-0.05, 0) is 42.0 Å². The lowest BCUT2D eigenvalue weighted by Crippen LogP contribution is -2.42. The lowest BCUT2D eigenvalue weighted by molar-refractivity contribution is -0.275. The van der Waals surface area contributed by atoms with Crippen LogP contribution >= 0.6 is 23.2 Å². The summed E-state index contributed by atoms with van der Waals surface area (Å²) in [6.07, 6.45) is -2.54. The molecule has 0 saturated heterocycles. The molecular weight excluding hydrogens is 482 g/mol. The summed E-state index contributed by atoms with van der Waals surface area (Å²) in [5, 5.41) is 15.5. The van der Waals surface area contributed by atoms with Gasteiger partial charge in [-0.2, -0.15) is 18.4 Å². The molecule has 11 heteroatoms. The van der Waals surface area contributed by atoms with Gasteiger partial charge in [0.2, 0.25) is 5.91 Å². The number of hydrogen-bond donors (Lipinski definition) is 1. The highest BCUT2D eigenvalue weighted by molar-refractivity contribution is 6.34. The number of benzene rings is 2. The standard InChI is InChI=1S/C22H16Cl2F3N3O3/c1-32-12-20(31)29-19-6-13(2-4-14(19)11-28)3-5-18-10-21(33-30-18,22(25,26)27)15-7-16(23)9-17(24)8-15/h2-9H,10,12H2,1H3,(H,29,31)/b5-3+. The number of nitriles is 1. The molecule has 1 heterocycles. The van der Waals surface area contributed by atoms with Crippen LogP contribution in [0.3, 0.4) is 0 Å². The van der Waals surface area contributed by atoms with Gasteiger partial charge in [-0.3, -0.25) is 4.79 Å². The molecule has 0 spiro atoms. The second-order valence-electron chi connectivity index (χ2n) is 7.06. The lowest BCUT2D eigenvalue weighted by atomic mass is 9.88. The number of alkyl halides is 3. The summed E-state index contributed by atoms with van der Waals surface area (Å²) < 4.78 is 46.8. The zero-order valence-corrected chi connectivity index (χ0v) is 18.6. The van der Waals surface area contributed by atoms with E-state index in [4.69, 9.17) is 32.8 Å². The molecule has 2 aromatic rings. The molecule has 33 heavy (non-hydrogen) atoms. The van der Waals surface area contributed by atoms with Gasteiger partial charge in [0.1, 0.15) is 12.7 Å². The smallest absolute Gasteiger partial charge is 0.375 e. The number of methoxy groups -OCH3 is 1. The Morgan fingerprint density at radius 3 is 2.58 bits per heavy atom. The number of carbonyl (C=O) groups is 1. The first-order valence-corrected chi connectivity index (χ1v) is 10.1. The van der Waals surface area contributed by atoms with Gasteiger partial charge in [-0.1, -0.05) is 40.5 Å². The quantitative estimate of drug-likeness (QED) is 0.554. The van der Waals surface area contributed by atoms with Crippen LogP contribution in [0.4, 0.5) is 18.9 Å². The average Bonchev–Trinajstić information content (AvgIpc) is 3.18. The van der Waals surface area contributed by atoms with E-state index in [9.17, 15) is 23.2 Å². The molecule has 1 unspecified atom stereocenters. The Bertz CT molecular complexity index is 1160. The van der Waals surface area contributed by atoms with Crippen LogP contribution in [0.2, 0.25) is 10.0 Å². The summed E-state index contributed by atoms with van der Waals surface area (Å²) in [4.78, 5) is 16.7. The van der Waals surface area contributed by atoms with Crippen LogP contribution in [-0.2, 0) is 20.0 Å². The third-order valence-electron chi connectivity index (χ3n) is 4.72. The van der Waals surface area contributed by atoms with E-state index in [1.807, 2.05) is 6.07 Å². The molecule has 1 N–H and O–H groups in total. The molecule has 0 fully saturated rings. The number of oxime groups is 1. The van der Waals surface area contributed by atoms with Crippen LogP contribution in [0.1, 0.15) is 23.1 Å². The summed E-state index contributed by atoms with van der Waals surface area (Å²) in [6, 6.07) is 10.1. The number of carbonyl (C=O) groups excluding carboxylic acids is 1. The Morgan fingerprint density at radius 1 is 1.27 bits per heavy atom. The van der Waals surface area contributed by atoms with E-state index >= 15 is 0 Å². The fourth-order valence-electron chi connectivity index (χ4n) is 3.18. The van der Waals surface area contributed by atoms with Crippen molar-refractivity contribution in [1.82, 2.24) is 0 Å². The fraction of sp³-hybridized carbons (Fsp3) is 0.227. The zero-order valence-electron chi connectivity index (χ0n) is 17.0. The van der Waals surface area contributed by atoms with Crippen LogP contribution in [0.25, 0.3) is 6.08 Å². The molecule has 0 bridgehead atoms. The highest BCUT2D eigenvalue weighted by Crippen LogP contribution is 2.49. The molecular formula is C22H16Cl2F3N3O3. The van der Waals surface area contributed by atoms with E-state index in [1.165, 1.54) is 37.5 Å². The maximum Gasteiger partial charge on any atom is 0.435 e. The van der Waals surface area contributed by atoms with Gasteiger partial charge in [-0.15, -0.1) is 0 Å². The molecule has 172 valence electrons. The number of rotatable bonds is 6. The average molecular weight is 498 g/mol. The van der Waals surface area contributed by atoms with Crippen LogP contribution in [-0.4, -0.2) is 31.5 Å². The van der Waals surface area contributed by atoms with E-state index in [2.05, 4.69) is 10.5 Å². The molecule has 0 aliphatic carbocycles. The number of nitrogens with zero attached hydrogens (tertiary/aromatic N) is 2. The number of nitrogens with one attached hydrogen (secondary N) is 1. The minimum absolute atomic E-state index is 0.0257. The van der Waals surface area contributed by atoms with Gasteiger partial charge in [0, 0.05) is 29.1 Å². The van der Waals surface area contributed by atoms with Gasteiger partial charge in [-0.25, -0.2) is 0 Å². The molecule has 6 nitrogen and oxygen atoms in total. The number of anilines is 1. The van der Waals surface area contributed by atoms with Crippen LogP contribution in [0.15, 0.2) is 47.6 Å². The first-order valence-electron chi connectivity index (χ1n) is 9.37. The predicted molar refractivity (Wildman–Crippen MR) is 118 cm³/mol. The molecule has 1 amide bonds. The van der Waals surface area contributed by atoms with E-state index in [1.54, 1.807) is 6.07 Å². The Hall–Kier alpha value is -3.06. The van der Waals surface area contributed by atoms with Crippen molar-refractivity contribution in [3.63, 3.8) is 0 Å². The van der Waals surface area contributed by atoms with Crippen molar-refractivity contribution >= 4 is 46.6 Å². The molecule has 2 aromatic carbocycles. The van der Waals surface area contributed by atoms with Crippen molar-refractivity contribution in [2.75, 3.05) is 19.0 Å². The summed E-state index contributed by atoms with van der Waals surface area (Å²) in [5.41, 5.74) is -2.00. The largest absolute Gasteiger partial charge is 0.435 e. The zero-order chi connectivity index (χ0) is 24.2. The molecule has 0 radical (unpaired) electrons. The summed E-state index contributed by atoms with van der Waals surface area (Å²) >= 11 is 11.8. The number of hydrogen-bond acceptors (Lipinski definition) is 5. The number of allylic oxidation sites excluding steroid dienone is 1. The third kappa shape index (κ3) is 5.47. The van der Waals surface area contributed by atoms with Crippen LogP contribution in [0, 0.1) is 11.3 Å². The highest BCUT2D eigenvalue weighted by Gasteiger charge is 2.62. The number of amides is 1. The second-order valence-corrected chi connectivity index (χ2v) is 7.94. The number of ether oxygens (including phenoxy) is 1. The van der Waals surface area contributed by atoms with Crippen LogP contribution < -0.4 is 5.32 Å². The summed E-state index contributed by atoms with van der Waals surface area (Å²) in [6.45, 7) is -0.202. The molecule has 0 saturated carbocycles. The first kappa shape index (κ1) is 24.6. The minimum Gasteiger partial charge on any atom is -0.375 e. The molecule has 0 aromatic heterocycles. The highest BCUT2D eigenvalue weighted by atomic mass is 35.5. The minimum atomic E-state index is -4.80. The van der Waals surface area contributed by atoms with Gasteiger partial charge in [0.15, 0.2) is 0 Å². The van der Waals surface area contributed by atoms with Crippen LogP contribution in [0.5, 0.6) is 0 Å². The van der Waals surface area contributed by atoms with Crippen molar-refractivity contribution in [2.24, 2.45) is 5.16 Å². The summed E-state index contributed by atoms with van der Waals surface area (Å²) in [7, 11) is 1.35. The molecule has 1 atom stereocenters. The molecule has 1 aliphatic heterocycles. The maximum absolute atomic E-state index is 14.0. The number of halogens is 5. The topological polar surface area (TPSA) is 83.7 Å². The monoisotopic (exact) mass is 497 g/mol. The Labute approximate surface area is 197 Å². The van der Waals surface area contributed by atoms with Gasteiger partial charge in [0.05, 0.1) is 17.0 Å². The van der Waals surface area contributed by atoms with Gasteiger partial charge < -0.3 is 14.9 Å². The van der Waals surface area contributed by atoms with Gasteiger partial charge >= 0.3 is 6.18 Å². The Kier molecular flexibility index (Phi) is 7.32. The van der Waals surface area contributed by atoms with Crippen molar-refractivity contribution < 1.29 is 27.5 Å². The van der Waals surface area contributed by atoms with Crippen molar-refractivity contribution in [3.8, 4) is 6.07 Å². The van der Waals surface area contributed by atoms with E-state index in [0.29, 0.717) is 5.56 Å². The Balaban J connectivity index is 1.85. The second kappa shape index (κ2) is 9.83. The fourth-order valence-corrected chi connectivity index (χ4v) is 3.71. The van der Waals surface area contributed by atoms with E-state index in [-0.39, 0.29) is 39.2 Å². The lowest BCUT2D eigenvalue weighted by Gasteiger charge is -2.29. The summed E-state index contributed by atoms with van der Waals surface area (Å²) in [5.74, 6) is -0.459. The van der Waals surface area contributed by atoms with E-state index < -0.39 is 24.1 Å². The molecule has 1 aliphatic rings. The maximum atomic E-state index is 14.0. The van der Waals surface area contributed by atoms with Gasteiger partial charge in [0.25, 0.3) is 5.60 Å². The first-order chi connectivity index (χ1) is 15.6. The van der Waals surface area contributed by atoms with Crippen molar-refractivity contribution in [1.29, 1.82) is 5.26 Å². The van der Waals surface area contributed by atoms with Crippen molar-refractivity contribution in [3.05, 3.63) is 69.2 Å². The van der Waals surface area contributed by atoms with Crippen molar-refractivity contribution in [2.45, 2.75) is 18.2 Å². The SMILES string of the molecule is COCC(=O)Nc1cc(/C=C/C2=NOC(c3cc(Cl)cc(Cl)c3)(C(F)(F)F)C2)ccc1C#N. The predicted octanol–water partition coefficient (Wildman–Crippen LogP) is 5.70.